The first kappa shape index (κ1) is 31.3. The first-order valence-corrected chi connectivity index (χ1v) is 17.2. The van der Waals surface area contributed by atoms with E-state index in [4.69, 9.17) is 0 Å². The quantitative estimate of drug-likeness (QED) is 0.155. The smallest absolute Gasteiger partial charge is 0.0461 e. The zero-order valence-electron chi connectivity index (χ0n) is 28.5. The van der Waals surface area contributed by atoms with Crippen molar-refractivity contribution in [1.82, 2.24) is 0 Å². The average molecular weight is 625 g/mol. The maximum Gasteiger partial charge on any atom is 0.0461 e. The topological polar surface area (TPSA) is 6.48 Å². The van der Waals surface area contributed by atoms with Crippen molar-refractivity contribution in [2.45, 2.75) is 52.4 Å². The van der Waals surface area contributed by atoms with E-state index in [0.717, 1.165) is 53.4 Å². The molecule has 48 heavy (non-hydrogen) atoms. The number of hydrogen-bond donors (Lipinski definition) is 0. The number of rotatable bonds is 8. The molecule has 7 rings (SSSR count). The molecule has 0 saturated heterocycles. The molecule has 0 heterocycles. The molecule has 0 bridgehead atoms. The molecule has 0 aliphatic heterocycles. The van der Waals surface area contributed by atoms with Gasteiger partial charge in [-0.05, 0) is 131 Å². The molecule has 0 spiro atoms. The molecule has 0 N–H and O–H groups in total. The van der Waals surface area contributed by atoms with Crippen LogP contribution in [-0.4, -0.2) is 0 Å². The lowest BCUT2D eigenvalue weighted by Gasteiger charge is -2.36. The average Bonchev–Trinajstić information content (AvgIpc) is 3.13. The van der Waals surface area contributed by atoms with Crippen LogP contribution in [-0.2, 0) is 5.41 Å². The van der Waals surface area contributed by atoms with Gasteiger partial charge in [0, 0.05) is 39.5 Å². The fourth-order valence-corrected chi connectivity index (χ4v) is 7.00. The summed E-state index contributed by atoms with van der Waals surface area (Å²) in [5.41, 5.74) is 14.5. The Bertz CT molecular complexity index is 1750. The molecular formula is C46H44N2. The summed E-state index contributed by atoms with van der Waals surface area (Å²) in [6.45, 7) is 8.56. The Morgan fingerprint density at radius 2 is 0.646 bits per heavy atom. The van der Waals surface area contributed by atoms with E-state index in [1.54, 1.807) is 0 Å². The fraction of sp³-hybridized carbons (Fsp3) is 0.174. The van der Waals surface area contributed by atoms with Crippen LogP contribution in [0, 0.1) is 27.7 Å². The minimum atomic E-state index is -0.174. The van der Waals surface area contributed by atoms with Gasteiger partial charge in [0.2, 0.25) is 0 Å². The highest BCUT2D eigenvalue weighted by molar-refractivity contribution is 5.78. The van der Waals surface area contributed by atoms with E-state index in [1.807, 2.05) is 0 Å². The van der Waals surface area contributed by atoms with Gasteiger partial charge >= 0.3 is 0 Å². The molecule has 0 amide bonds. The van der Waals surface area contributed by atoms with E-state index in [0.29, 0.717) is 0 Å². The van der Waals surface area contributed by atoms with E-state index in [-0.39, 0.29) is 5.41 Å². The Morgan fingerprint density at radius 1 is 0.375 bits per heavy atom. The standard InChI is InChI=1S/C46H44N2/c1-34-8-20-40(21-9-34)47(41-22-10-35(2)11-23-41)44-28-16-38(17-29-44)46(32-6-5-7-33-46)39-18-30-45(31-19-39)48(42-24-12-36(3)13-25-42)43-26-14-37(4)15-27-43/h6,8-32H,5,7,33H2,1-4H3. The predicted octanol–water partition coefficient (Wildman–Crippen LogP) is 12.9. The number of hydrogen-bond acceptors (Lipinski definition) is 2. The van der Waals surface area contributed by atoms with Crippen molar-refractivity contribution in [2.75, 3.05) is 9.80 Å². The summed E-state index contributed by atoms with van der Waals surface area (Å²) in [6, 6.07) is 53.8. The first-order chi connectivity index (χ1) is 23.4. The van der Waals surface area contributed by atoms with Crippen molar-refractivity contribution in [3.8, 4) is 0 Å². The molecular weight excluding hydrogens is 581 g/mol. The number of aryl methyl sites for hydroxylation is 4. The van der Waals surface area contributed by atoms with Crippen molar-refractivity contribution in [2.24, 2.45) is 0 Å². The monoisotopic (exact) mass is 624 g/mol. The highest BCUT2D eigenvalue weighted by Gasteiger charge is 2.33. The Hall–Kier alpha value is -5.34. The van der Waals surface area contributed by atoms with Crippen LogP contribution in [0.2, 0.25) is 0 Å². The number of anilines is 6. The second-order valence-corrected chi connectivity index (χ2v) is 13.4. The zero-order chi connectivity index (χ0) is 33.1. The summed E-state index contributed by atoms with van der Waals surface area (Å²) in [4.78, 5) is 4.71. The highest BCUT2D eigenvalue weighted by Crippen LogP contribution is 2.44. The number of benzene rings is 6. The molecule has 2 heteroatoms. The van der Waals surface area contributed by atoms with E-state index < -0.39 is 0 Å². The molecule has 1 aliphatic rings. The second kappa shape index (κ2) is 13.4. The molecule has 0 radical (unpaired) electrons. The summed E-state index contributed by atoms with van der Waals surface area (Å²) in [5.74, 6) is 0. The van der Waals surface area contributed by atoms with Gasteiger partial charge in [0.05, 0.1) is 0 Å². The molecule has 0 saturated carbocycles. The minimum absolute atomic E-state index is 0.174. The van der Waals surface area contributed by atoms with Crippen LogP contribution in [0.15, 0.2) is 158 Å². The van der Waals surface area contributed by atoms with E-state index in [1.165, 1.54) is 33.4 Å². The molecule has 0 atom stereocenters. The Morgan fingerprint density at radius 3 is 0.896 bits per heavy atom. The van der Waals surface area contributed by atoms with Crippen molar-refractivity contribution in [3.05, 3.63) is 191 Å². The Kier molecular flexibility index (Phi) is 8.74. The van der Waals surface area contributed by atoms with Gasteiger partial charge in [-0.15, -0.1) is 0 Å². The molecule has 0 fully saturated rings. The summed E-state index contributed by atoms with van der Waals surface area (Å²) >= 11 is 0. The van der Waals surface area contributed by atoms with E-state index in [2.05, 4.69) is 195 Å². The number of nitrogens with zero attached hydrogens (tertiary/aromatic N) is 2. The lowest BCUT2D eigenvalue weighted by atomic mass is 9.69. The van der Waals surface area contributed by atoms with Gasteiger partial charge in [0.25, 0.3) is 0 Å². The predicted molar refractivity (Wildman–Crippen MR) is 205 cm³/mol. The maximum absolute atomic E-state index is 2.45. The molecule has 6 aromatic carbocycles. The molecule has 2 nitrogen and oxygen atoms in total. The lowest BCUT2D eigenvalue weighted by molar-refractivity contribution is 0.530. The number of allylic oxidation sites excluding steroid dienone is 2. The first-order valence-electron chi connectivity index (χ1n) is 17.2. The maximum atomic E-state index is 2.45. The van der Waals surface area contributed by atoms with Gasteiger partial charge in [0.1, 0.15) is 0 Å². The van der Waals surface area contributed by atoms with E-state index >= 15 is 0 Å². The summed E-state index contributed by atoms with van der Waals surface area (Å²) in [6.07, 6.45) is 8.21. The van der Waals surface area contributed by atoms with Gasteiger partial charge in [0.15, 0.2) is 0 Å². The van der Waals surface area contributed by atoms with Crippen molar-refractivity contribution < 1.29 is 0 Å². The van der Waals surface area contributed by atoms with Crippen molar-refractivity contribution in [3.63, 3.8) is 0 Å². The molecule has 0 aromatic heterocycles. The van der Waals surface area contributed by atoms with Crippen molar-refractivity contribution >= 4 is 34.1 Å². The third-order valence-electron chi connectivity index (χ3n) is 9.79. The van der Waals surface area contributed by atoms with Gasteiger partial charge in [-0.25, -0.2) is 0 Å². The van der Waals surface area contributed by atoms with Crippen LogP contribution in [0.5, 0.6) is 0 Å². The summed E-state index contributed by atoms with van der Waals surface area (Å²) in [5, 5.41) is 0. The second-order valence-electron chi connectivity index (χ2n) is 13.4. The van der Waals surface area contributed by atoms with Crippen LogP contribution >= 0.6 is 0 Å². The van der Waals surface area contributed by atoms with Crippen LogP contribution < -0.4 is 9.80 Å². The summed E-state index contributed by atoms with van der Waals surface area (Å²) in [7, 11) is 0. The van der Waals surface area contributed by atoms with Crippen LogP contribution in [0.25, 0.3) is 0 Å². The van der Waals surface area contributed by atoms with Crippen LogP contribution in [0.3, 0.4) is 0 Å². The van der Waals surface area contributed by atoms with Gasteiger partial charge in [-0.1, -0.05) is 107 Å². The Labute approximate surface area is 286 Å². The Balaban J connectivity index is 1.26. The third kappa shape index (κ3) is 6.31. The largest absolute Gasteiger partial charge is 0.311 e. The molecule has 238 valence electrons. The molecule has 1 aliphatic carbocycles. The van der Waals surface area contributed by atoms with Crippen LogP contribution in [0.4, 0.5) is 34.1 Å². The third-order valence-corrected chi connectivity index (χ3v) is 9.79. The van der Waals surface area contributed by atoms with Gasteiger partial charge in [-0.3, -0.25) is 0 Å². The molecule has 0 unspecified atom stereocenters. The van der Waals surface area contributed by atoms with Gasteiger partial charge < -0.3 is 9.80 Å². The minimum Gasteiger partial charge on any atom is -0.311 e. The summed E-state index contributed by atoms with van der Waals surface area (Å²) < 4.78 is 0. The fourth-order valence-electron chi connectivity index (χ4n) is 7.00. The SMILES string of the molecule is Cc1ccc(N(c2ccc(C)cc2)c2ccc(C3(c4ccc(N(c5ccc(C)cc5)c5ccc(C)cc5)cc4)C=CCCC3)cc2)cc1. The van der Waals surface area contributed by atoms with E-state index in [9.17, 15) is 0 Å². The lowest BCUT2D eigenvalue weighted by Crippen LogP contribution is -2.27. The highest BCUT2D eigenvalue weighted by atomic mass is 15.1. The normalized spacial score (nSPS) is 13.7. The van der Waals surface area contributed by atoms with Crippen LogP contribution in [0.1, 0.15) is 52.6 Å². The molecule has 6 aromatic rings. The zero-order valence-corrected chi connectivity index (χ0v) is 28.5. The van der Waals surface area contributed by atoms with Crippen molar-refractivity contribution in [1.29, 1.82) is 0 Å². The van der Waals surface area contributed by atoms with Gasteiger partial charge in [-0.2, -0.15) is 0 Å².